The van der Waals surface area contributed by atoms with Gasteiger partial charge < -0.3 is 9.15 Å². The number of allylic oxidation sites excluding steroid dienone is 8. The predicted molar refractivity (Wildman–Crippen MR) is 223 cm³/mol. The topological polar surface area (TPSA) is 34.7 Å². The quantitative estimate of drug-likeness (QED) is 0.134. The summed E-state index contributed by atoms with van der Waals surface area (Å²) >= 11 is 0. The maximum absolute atomic E-state index is 6.50. The molecule has 1 heterocycles. The zero-order chi connectivity index (χ0) is 36.0. The number of furan rings is 1. The smallest absolute Gasteiger partial charge is 0.135 e. The highest BCUT2D eigenvalue weighted by atomic mass is 16.5. The van der Waals surface area contributed by atoms with Crippen molar-refractivity contribution < 1.29 is 9.15 Å². The van der Waals surface area contributed by atoms with Crippen LogP contribution in [-0.2, 0) is 4.74 Å². The second kappa shape index (κ2) is 15.4. The van der Waals surface area contributed by atoms with Crippen molar-refractivity contribution in [3.63, 3.8) is 0 Å². The van der Waals surface area contributed by atoms with Crippen LogP contribution >= 0.6 is 0 Å². The highest BCUT2D eigenvalue weighted by Crippen LogP contribution is 2.35. The first-order chi connectivity index (χ1) is 26.1. The number of rotatable bonds is 10. The lowest BCUT2D eigenvalue weighted by molar-refractivity contribution is 0.152. The summed E-state index contributed by atoms with van der Waals surface area (Å²) in [6, 6.07) is 44.2. The molecule has 3 heteroatoms. The Hall–Kier alpha value is -6.45. The lowest BCUT2D eigenvalue weighted by atomic mass is 9.96. The number of aliphatic imine (C=N–C) groups is 1. The molecule has 6 aromatic rings. The third-order valence-electron chi connectivity index (χ3n) is 9.88. The van der Waals surface area contributed by atoms with E-state index in [0.717, 1.165) is 56.7 Å². The molecule has 2 aliphatic rings. The standard InChI is InChI=1S/C50H41NO2/c1-35(37-13-6-3-7-14-37)21-30-48(41-17-10-5-11-18-41)51-36(2)38-19-12-20-44(27-22-38)52-45-28-23-40(24-29-45)43-26-32-50-47(34-43)46-33-42(25-31-49(46)53-50)39-15-8-4-9-16-39/h3-19,21-28,31-34,45H,2,20,29-30H2,1H3/b35-21-,51-48+. The Morgan fingerprint density at radius 2 is 1.42 bits per heavy atom. The van der Waals surface area contributed by atoms with Crippen molar-refractivity contribution >= 4 is 38.8 Å². The van der Waals surface area contributed by atoms with Crippen molar-refractivity contribution in [1.29, 1.82) is 0 Å². The maximum Gasteiger partial charge on any atom is 0.135 e. The molecule has 8 rings (SSSR count). The van der Waals surface area contributed by atoms with Crippen molar-refractivity contribution in [2.75, 3.05) is 0 Å². The third kappa shape index (κ3) is 7.75. The van der Waals surface area contributed by atoms with Crippen LogP contribution in [0, 0.1) is 0 Å². The largest absolute Gasteiger partial charge is 0.490 e. The molecule has 1 unspecified atom stereocenters. The van der Waals surface area contributed by atoms with Crippen LogP contribution in [0.3, 0.4) is 0 Å². The van der Waals surface area contributed by atoms with Gasteiger partial charge in [0.1, 0.15) is 23.0 Å². The van der Waals surface area contributed by atoms with Gasteiger partial charge in [-0.05, 0) is 94.0 Å². The van der Waals surface area contributed by atoms with Gasteiger partial charge >= 0.3 is 0 Å². The fourth-order valence-corrected chi connectivity index (χ4v) is 6.91. The Morgan fingerprint density at radius 3 is 2.11 bits per heavy atom. The number of fused-ring (bicyclic) bond motifs is 3. The molecular weight excluding hydrogens is 647 g/mol. The Morgan fingerprint density at radius 1 is 0.755 bits per heavy atom. The van der Waals surface area contributed by atoms with Crippen molar-refractivity contribution in [2.24, 2.45) is 4.99 Å². The van der Waals surface area contributed by atoms with E-state index in [-0.39, 0.29) is 6.10 Å². The molecular formula is C50H41NO2. The van der Waals surface area contributed by atoms with E-state index < -0.39 is 0 Å². The van der Waals surface area contributed by atoms with E-state index in [0.29, 0.717) is 12.8 Å². The molecule has 0 bridgehead atoms. The van der Waals surface area contributed by atoms with Gasteiger partial charge in [-0.2, -0.15) is 0 Å². The maximum atomic E-state index is 6.50. The summed E-state index contributed by atoms with van der Waals surface area (Å²) in [6.45, 7) is 6.53. The van der Waals surface area contributed by atoms with Crippen LogP contribution < -0.4 is 0 Å². The fourth-order valence-electron chi connectivity index (χ4n) is 6.91. The molecule has 258 valence electrons. The van der Waals surface area contributed by atoms with Crippen molar-refractivity contribution in [2.45, 2.75) is 32.3 Å². The molecule has 53 heavy (non-hydrogen) atoms. The lowest BCUT2D eigenvalue weighted by Crippen LogP contribution is -2.11. The van der Waals surface area contributed by atoms with Gasteiger partial charge in [0.15, 0.2) is 0 Å². The van der Waals surface area contributed by atoms with Crippen molar-refractivity contribution in [3.8, 4) is 11.1 Å². The molecule has 0 radical (unpaired) electrons. The van der Waals surface area contributed by atoms with Gasteiger partial charge in [0.2, 0.25) is 0 Å². The Kier molecular flexibility index (Phi) is 9.80. The normalized spacial score (nSPS) is 16.2. The molecule has 0 fully saturated rings. The molecule has 0 aliphatic heterocycles. The number of benzene rings is 5. The number of hydrogen-bond acceptors (Lipinski definition) is 3. The fraction of sp³-hybridized carbons (Fsp3) is 0.100. The molecule has 3 nitrogen and oxygen atoms in total. The summed E-state index contributed by atoms with van der Waals surface area (Å²) in [5.74, 6) is 0.921. The highest BCUT2D eigenvalue weighted by molar-refractivity contribution is 6.07. The van der Waals surface area contributed by atoms with Gasteiger partial charge in [-0.1, -0.05) is 140 Å². The van der Waals surface area contributed by atoms with Crippen LogP contribution in [0.1, 0.15) is 42.9 Å². The van der Waals surface area contributed by atoms with Crippen LogP contribution in [0.4, 0.5) is 0 Å². The van der Waals surface area contributed by atoms with Gasteiger partial charge in [0, 0.05) is 30.0 Å². The molecule has 5 aromatic carbocycles. The van der Waals surface area contributed by atoms with E-state index >= 15 is 0 Å². The van der Waals surface area contributed by atoms with Crippen LogP contribution in [0.15, 0.2) is 209 Å². The Labute approximate surface area is 311 Å². The number of nitrogens with zero attached hydrogens (tertiary/aromatic N) is 1. The zero-order valence-corrected chi connectivity index (χ0v) is 29.9. The van der Waals surface area contributed by atoms with Crippen LogP contribution in [0.2, 0.25) is 0 Å². The number of ether oxygens (including phenoxy) is 1. The summed E-state index contributed by atoms with van der Waals surface area (Å²) in [6.07, 6.45) is 19.4. The molecule has 0 saturated heterocycles. The zero-order valence-electron chi connectivity index (χ0n) is 29.9. The molecule has 1 aromatic heterocycles. The highest BCUT2D eigenvalue weighted by Gasteiger charge is 2.16. The van der Waals surface area contributed by atoms with Crippen molar-refractivity contribution in [1.82, 2.24) is 0 Å². The minimum absolute atomic E-state index is 0.0363. The van der Waals surface area contributed by atoms with Crippen molar-refractivity contribution in [3.05, 3.63) is 216 Å². The Bertz CT molecular complexity index is 2500. The summed E-state index contributed by atoms with van der Waals surface area (Å²) in [5.41, 5.74) is 12.8. The average molecular weight is 688 g/mol. The summed E-state index contributed by atoms with van der Waals surface area (Å²) < 4.78 is 12.7. The molecule has 0 N–H and O–H groups in total. The number of hydrogen-bond donors (Lipinski definition) is 0. The predicted octanol–water partition coefficient (Wildman–Crippen LogP) is 13.2. The van der Waals surface area contributed by atoms with E-state index in [1.807, 2.05) is 18.2 Å². The average Bonchev–Trinajstić information content (AvgIpc) is 3.42. The minimum atomic E-state index is -0.0363. The van der Waals surface area contributed by atoms with Gasteiger partial charge in [0.05, 0.1) is 11.4 Å². The van der Waals surface area contributed by atoms with E-state index in [4.69, 9.17) is 14.1 Å². The second-order valence-corrected chi connectivity index (χ2v) is 13.5. The van der Waals surface area contributed by atoms with Gasteiger partial charge in [-0.15, -0.1) is 0 Å². The molecule has 0 amide bonds. The van der Waals surface area contributed by atoms with Crippen LogP contribution in [-0.4, -0.2) is 11.8 Å². The molecule has 0 spiro atoms. The molecule has 0 saturated carbocycles. The summed E-state index contributed by atoms with van der Waals surface area (Å²) in [4.78, 5) is 5.07. The van der Waals surface area contributed by atoms with Gasteiger partial charge in [-0.25, -0.2) is 0 Å². The SMILES string of the molecule is C=C(/N=C(\C/C=C(/C)c1ccccc1)c1ccccc1)C1=CC=C(OC2C=CC(c3ccc4oc5ccc(-c6ccccc6)cc5c4c3)=CC2)CC=C1. The summed E-state index contributed by atoms with van der Waals surface area (Å²) in [7, 11) is 0. The van der Waals surface area contributed by atoms with Gasteiger partial charge in [-0.3, -0.25) is 4.99 Å². The van der Waals surface area contributed by atoms with E-state index in [1.54, 1.807) is 0 Å². The van der Waals surface area contributed by atoms with E-state index in [9.17, 15) is 0 Å². The lowest BCUT2D eigenvalue weighted by Gasteiger charge is -2.19. The van der Waals surface area contributed by atoms with E-state index in [2.05, 4.69) is 171 Å². The molecule has 2 aliphatic carbocycles. The monoisotopic (exact) mass is 687 g/mol. The first-order valence-corrected chi connectivity index (χ1v) is 18.3. The van der Waals surface area contributed by atoms with E-state index in [1.165, 1.54) is 33.4 Å². The first-order valence-electron chi connectivity index (χ1n) is 18.3. The Balaban J connectivity index is 0.954. The molecule has 1 atom stereocenters. The first kappa shape index (κ1) is 33.7. The van der Waals surface area contributed by atoms with Gasteiger partial charge in [0.25, 0.3) is 0 Å². The van der Waals surface area contributed by atoms with Crippen LogP contribution in [0.25, 0.3) is 44.2 Å². The summed E-state index contributed by atoms with van der Waals surface area (Å²) in [5, 5.41) is 2.26. The second-order valence-electron chi connectivity index (χ2n) is 13.5. The van der Waals surface area contributed by atoms with Crippen LogP contribution in [0.5, 0.6) is 0 Å². The third-order valence-corrected chi connectivity index (χ3v) is 9.88. The minimum Gasteiger partial charge on any atom is -0.490 e.